The molecule has 0 spiro atoms. The summed E-state index contributed by atoms with van der Waals surface area (Å²) in [5.74, 6) is 0.834. The van der Waals surface area contributed by atoms with E-state index in [2.05, 4.69) is 58.3 Å². The van der Waals surface area contributed by atoms with E-state index in [4.69, 9.17) is 0 Å². The first-order valence-corrected chi connectivity index (χ1v) is 7.04. The summed E-state index contributed by atoms with van der Waals surface area (Å²) in [6, 6.07) is 6.60. The van der Waals surface area contributed by atoms with Gasteiger partial charge < -0.3 is 10.6 Å². The molecule has 0 aliphatic carbocycles. The van der Waals surface area contributed by atoms with Gasteiger partial charge in [-0.3, -0.25) is 0 Å². The molecule has 1 aromatic carbocycles. The van der Waals surface area contributed by atoms with Gasteiger partial charge >= 0.3 is 0 Å². The zero-order valence-corrected chi connectivity index (χ0v) is 11.9. The maximum absolute atomic E-state index is 3.55. The van der Waals surface area contributed by atoms with Crippen LogP contribution < -0.4 is 10.6 Å². The lowest BCUT2D eigenvalue weighted by Crippen LogP contribution is -2.31. The Balaban J connectivity index is 1.86. The molecule has 3 heteroatoms. The van der Waals surface area contributed by atoms with Crippen LogP contribution in [0.5, 0.6) is 0 Å². The molecule has 0 unspecified atom stereocenters. The fraction of sp³-hybridized carbons (Fsp3) is 0.538. The molecule has 0 bridgehead atoms. The molecular formula is C13H19IN2. The molecule has 1 fully saturated rings. The van der Waals surface area contributed by atoms with Gasteiger partial charge in [0.25, 0.3) is 0 Å². The first-order valence-electron chi connectivity index (χ1n) is 5.96. The number of benzene rings is 1. The van der Waals surface area contributed by atoms with Crippen LogP contribution in [0.25, 0.3) is 0 Å². The average Bonchev–Trinajstić information content (AvgIpc) is 2.32. The van der Waals surface area contributed by atoms with Crippen molar-refractivity contribution in [3.05, 3.63) is 27.3 Å². The molecule has 2 rings (SSSR count). The van der Waals surface area contributed by atoms with Gasteiger partial charge in [-0.05, 0) is 79.1 Å². The molecule has 1 saturated heterocycles. The number of anilines is 1. The molecule has 1 aromatic rings. The Morgan fingerprint density at radius 1 is 1.38 bits per heavy atom. The molecule has 0 amide bonds. The lowest BCUT2D eigenvalue weighted by atomic mass is 9.98. The van der Waals surface area contributed by atoms with E-state index in [1.165, 1.54) is 40.8 Å². The molecule has 0 saturated carbocycles. The summed E-state index contributed by atoms with van der Waals surface area (Å²) >= 11 is 2.39. The van der Waals surface area contributed by atoms with E-state index < -0.39 is 0 Å². The summed E-state index contributed by atoms with van der Waals surface area (Å²) in [5.41, 5.74) is 2.61. The van der Waals surface area contributed by atoms with Crippen molar-refractivity contribution in [2.45, 2.75) is 19.8 Å². The minimum absolute atomic E-state index is 0.834. The Labute approximate surface area is 111 Å². The third-order valence-corrected chi connectivity index (χ3v) is 4.39. The van der Waals surface area contributed by atoms with Gasteiger partial charge in [-0.1, -0.05) is 6.07 Å². The quantitative estimate of drug-likeness (QED) is 0.833. The van der Waals surface area contributed by atoms with Crippen molar-refractivity contribution in [2.75, 3.05) is 25.0 Å². The summed E-state index contributed by atoms with van der Waals surface area (Å²) in [6.45, 7) is 5.62. The van der Waals surface area contributed by atoms with Crippen molar-refractivity contribution >= 4 is 28.3 Å². The molecule has 1 aliphatic rings. The smallest absolute Gasteiger partial charge is 0.0351 e. The fourth-order valence-corrected chi connectivity index (χ4v) is 2.57. The Morgan fingerprint density at radius 3 is 2.81 bits per heavy atom. The zero-order chi connectivity index (χ0) is 11.4. The average molecular weight is 330 g/mol. The van der Waals surface area contributed by atoms with Crippen LogP contribution >= 0.6 is 22.6 Å². The van der Waals surface area contributed by atoms with E-state index in [1.807, 2.05) is 0 Å². The van der Waals surface area contributed by atoms with Gasteiger partial charge in [-0.15, -0.1) is 0 Å². The highest BCUT2D eigenvalue weighted by molar-refractivity contribution is 14.1. The largest absolute Gasteiger partial charge is 0.385 e. The van der Waals surface area contributed by atoms with Crippen LogP contribution in [-0.2, 0) is 0 Å². The summed E-state index contributed by atoms with van der Waals surface area (Å²) < 4.78 is 1.34. The molecule has 2 nitrogen and oxygen atoms in total. The van der Waals surface area contributed by atoms with Gasteiger partial charge in [0.05, 0.1) is 0 Å². The van der Waals surface area contributed by atoms with E-state index in [0.717, 1.165) is 12.5 Å². The van der Waals surface area contributed by atoms with E-state index in [-0.39, 0.29) is 0 Å². The highest BCUT2D eigenvalue weighted by Gasteiger charge is 2.12. The van der Waals surface area contributed by atoms with Crippen LogP contribution in [0.3, 0.4) is 0 Å². The molecule has 1 heterocycles. The standard InChI is InChI=1S/C13H19IN2/c1-10-2-3-12(8-13(10)14)16-9-11-4-6-15-7-5-11/h2-3,8,11,15-16H,4-7,9H2,1H3. The van der Waals surface area contributed by atoms with E-state index >= 15 is 0 Å². The third-order valence-electron chi connectivity index (χ3n) is 3.23. The molecular weight excluding hydrogens is 311 g/mol. The second-order valence-electron chi connectivity index (χ2n) is 4.54. The second-order valence-corrected chi connectivity index (χ2v) is 5.70. The Bertz CT molecular complexity index is 346. The van der Waals surface area contributed by atoms with E-state index in [9.17, 15) is 0 Å². The van der Waals surface area contributed by atoms with Crippen LogP contribution in [0.15, 0.2) is 18.2 Å². The number of nitrogens with one attached hydrogen (secondary N) is 2. The maximum Gasteiger partial charge on any atom is 0.0351 e. The minimum atomic E-state index is 0.834. The SMILES string of the molecule is Cc1ccc(NCC2CCNCC2)cc1I. The number of hydrogen-bond donors (Lipinski definition) is 2. The van der Waals surface area contributed by atoms with Crippen molar-refractivity contribution in [3.8, 4) is 0 Å². The van der Waals surface area contributed by atoms with Crippen molar-refractivity contribution in [3.63, 3.8) is 0 Å². The topological polar surface area (TPSA) is 24.1 Å². The summed E-state index contributed by atoms with van der Waals surface area (Å²) in [6.07, 6.45) is 2.60. The van der Waals surface area contributed by atoms with Crippen molar-refractivity contribution in [1.29, 1.82) is 0 Å². The number of piperidine rings is 1. The molecule has 16 heavy (non-hydrogen) atoms. The third kappa shape index (κ3) is 3.35. The normalized spacial score (nSPS) is 17.4. The monoisotopic (exact) mass is 330 g/mol. The summed E-state index contributed by atoms with van der Waals surface area (Å²) in [7, 11) is 0. The predicted molar refractivity (Wildman–Crippen MR) is 78.0 cm³/mol. The van der Waals surface area contributed by atoms with Crippen molar-refractivity contribution < 1.29 is 0 Å². The van der Waals surface area contributed by atoms with Gasteiger partial charge in [-0.2, -0.15) is 0 Å². The predicted octanol–water partition coefficient (Wildman–Crippen LogP) is 3.01. The number of halogens is 1. The zero-order valence-electron chi connectivity index (χ0n) is 9.72. The van der Waals surface area contributed by atoms with Gasteiger partial charge in [0.1, 0.15) is 0 Å². The van der Waals surface area contributed by atoms with Crippen LogP contribution in [0.2, 0.25) is 0 Å². The van der Waals surface area contributed by atoms with Gasteiger partial charge in [-0.25, -0.2) is 0 Å². The fourth-order valence-electron chi connectivity index (χ4n) is 2.05. The molecule has 1 aliphatic heterocycles. The highest BCUT2D eigenvalue weighted by Crippen LogP contribution is 2.18. The first kappa shape index (κ1) is 12.2. The second kappa shape index (κ2) is 5.87. The van der Waals surface area contributed by atoms with Crippen molar-refractivity contribution in [2.24, 2.45) is 5.92 Å². The highest BCUT2D eigenvalue weighted by atomic mass is 127. The lowest BCUT2D eigenvalue weighted by Gasteiger charge is -2.23. The number of aryl methyl sites for hydroxylation is 1. The Kier molecular flexibility index (Phi) is 4.46. The van der Waals surface area contributed by atoms with Gasteiger partial charge in [0.2, 0.25) is 0 Å². The number of hydrogen-bond acceptors (Lipinski definition) is 2. The number of rotatable bonds is 3. The van der Waals surface area contributed by atoms with Gasteiger partial charge in [0.15, 0.2) is 0 Å². The Morgan fingerprint density at radius 2 is 2.12 bits per heavy atom. The summed E-state index contributed by atoms with van der Waals surface area (Å²) in [5, 5.41) is 6.95. The van der Waals surface area contributed by atoms with Crippen molar-refractivity contribution in [1.82, 2.24) is 5.32 Å². The minimum Gasteiger partial charge on any atom is -0.385 e. The molecule has 88 valence electrons. The molecule has 0 radical (unpaired) electrons. The first-order chi connectivity index (χ1) is 7.75. The molecule has 0 aromatic heterocycles. The lowest BCUT2D eigenvalue weighted by molar-refractivity contribution is 0.390. The van der Waals surface area contributed by atoms with E-state index in [0.29, 0.717) is 0 Å². The van der Waals surface area contributed by atoms with Crippen LogP contribution in [0.4, 0.5) is 5.69 Å². The van der Waals surface area contributed by atoms with Crippen LogP contribution in [0, 0.1) is 16.4 Å². The molecule has 0 atom stereocenters. The van der Waals surface area contributed by atoms with Gasteiger partial charge in [0, 0.05) is 15.8 Å². The van der Waals surface area contributed by atoms with Crippen LogP contribution in [0.1, 0.15) is 18.4 Å². The maximum atomic E-state index is 3.55. The van der Waals surface area contributed by atoms with Crippen LogP contribution in [-0.4, -0.2) is 19.6 Å². The Hall–Kier alpha value is -0.290. The molecule has 2 N–H and O–H groups in total. The van der Waals surface area contributed by atoms with E-state index in [1.54, 1.807) is 0 Å². The summed E-state index contributed by atoms with van der Waals surface area (Å²) in [4.78, 5) is 0.